The van der Waals surface area contributed by atoms with Crippen molar-refractivity contribution in [3.05, 3.63) is 51.5 Å². The fourth-order valence-electron chi connectivity index (χ4n) is 3.01. The van der Waals surface area contributed by atoms with Crippen molar-refractivity contribution in [2.75, 3.05) is 25.0 Å². The molecule has 2 N–H and O–H groups in total. The summed E-state index contributed by atoms with van der Waals surface area (Å²) in [7, 11) is 0. The molecule has 0 radical (unpaired) electrons. The van der Waals surface area contributed by atoms with E-state index in [2.05, 4.69) is 16.7 Å². The van der Waals surface area contributed by atoms with E-state index >= 15 is 0 Å². The zero-order chi connectivity index (χ0) is 19.6. The minimum absolute atomic E-state index is 0.107. The number of nitrogens with one attached hydrogen (secondary N) is 2. The summed E-state index contributed by atoms with van der Waals surface area (Å²) < 4.78 is 39.6. The highest BCUT2D eigenvalue weighted by molar-refractivity contribution is 7.10. The monoisotopic (exact) mass is 397 g/mol. The van der Waals surface area contributed by atoms with Crippen molar-refractivity contribution in [3.8, 4) is 0 Å². The van der Waals surface area contributed by atoms with E-state index in [9.17, 15) is 22.8 Å². The molecule has 27 heavy (non-hydrogen) atoms. The van der Waals surface area contributed by atoms with Crippen molar-refractivity contribution in [2.24, 2.45) is 0 Å². The first kappa shape index (κ1) is 19.4. The molecule has 1 aliphatic rings. The van der Waals surface area contributed by atoms with E-state index in [1.165, 1.54) is 10.4 Å². The van der Waals surface area contributed by atoms with Crippen LogP contribution in [0.3, 0.4) is 0 Å². The van der Waals surface area contributed by atoms with Crippen molar-refractivity contribution in [3.63, 3.8) is 0 Å². The molecule has 9 heteroatoms. The molecule has 1 aliphatic heterocycles. The number of carbonyl (C=O) groups is 2. The van der Waals surface area contributed by atoms with Gasteiger partial charge in [-0.25, -0.2) is 13.2 Å². The number of halogens is 3. The van der Waals surface area contributed by atoms with Gasteiger partial charge in [0, 0.05) is 17.5 Å². The van der Waals surface area contributed by atoms with Gasteiger partial charge in [-0.3, -0.25) is 14.5 Å². The average molecular weight is 397 g/mol. The lowest BCUT2D eigenvalue weighted by molar-refractivity contribution is -0.125. The zero-order valence-corrected chi connectivity index (χ0v) is 15.3. The summed E-state index contributed by atoms with van der Waals surface area (Å²) in [6.45, 7) is 2.50. The van der Waals surface area contributed by atoms with E-state index < -0.39 is 35.6 Å². The first-order valence-corrected chi connectivity index (χ1v) is 9.25. The Kier molecular flexibility index (Phi) is 5.81. The lowest BCUT2D eigenvalue weighted by Crippen LogP contribution is -2.43. The van der Waals surface area contributed by atoms with Gasteiger partial charge in [-0.2, -0.15) is 0 Å². The number of amides is 2. The summed E-state index contributed by atoms with van der Waals surface area (Å²) in [6, 6.07) is 3.79. The van der Waals surface area contributed by atoms with E-state index in [0.29, 0.717) is 6.07 Å². The molecule has 2 aromatic rings. The van der Waals surface area contributed by atoms with Crippen LogP contribution in [-0.2, 0) is 16.0 Å². The Morgan fingerprint density at radius 2 is 1.96 bits per heavy atom. The third kappa shape index (κ3) is 4.30. The van der Waals surface area contributed by atoms with E-state index in [1.807, 2.05) is 17.2 Å². The molecule has 2 heterocycles. The first-order valence-electron chi connectivity index (χ1n) is 8.37. The molecule has 1 aromatic carbocycles. The third-order valence-electron chi connectivity index (χ3n) is 4.51. The fourth-order valence-corrected chi connectivity index (χ4v) is 3.98. The second-order valence-corrected chi connectivity index (χ2v) is 7.24. The quantitative estimate of drug-likeness (QED) is 0.763. The van der Waals surface area contributed by atoms with Gasteiger partial charge >= 0.3 is 0 Å². The predicted octanol–water partition coefficient (Wildman–Crippen LogP) is 2.84. The van der Waals surface area contributed by atoms with Gasteiger partial charge in [0.1, 0.15) is 0 Å². The summed E-state index contributed by atoms with van der Waals surface area (Å²) in [4.78, 5) is 27.3. The van der Waals surface area contributed by atoms with Crippen LogP contribution in [0.1, 0.15) is 23.4 Å². The van der Waals surface area contributed by atoms with Gasteiger partial charge in [-0.05, 0) is 42.5 Å². The molecule has 5 nitrogen and oxygen atoms in total. The third-order valence-corrected chi connectivity index (χ3v) is 5.50. The highest BCUT2D eigenvalue weighted by Gasteiger charge is 2.26. The van der Waals surface area contributed by atoms with Gasteiger partial charge in [0.2, 0.25) is 11.8 Å². The topological polar surface area (TPSA) is 61.4 Å². The Morgan fingerprint density at radius 3 is 2.74 bits per heavy atom. The van der Waals surface area contributed by atoms with Crippen LogP contribution in [0.5, 0.6) is 0 Å². The van der Waals surface area contributed by atoms with E-state index in [4.69, 9.17) is 0 Å². The molecule has 0 bridgehead atoms. The molecule has 0 aliphatic carbocycles. The highest BCUT2D eigenvalue weighted by Crippen LogP contribution is 2.32. The largest absolute Gasteiger partial charge is 0.346 e. The number of rotatable bonds is 5. The summed E-state index contributed by atoms with van der Waals surface area (Å²) >= 11 is 1.71. The van der Waals surface area contributed by atoms with Crippen molar-refractivity contribution in [2.45, 2.75) is 19.4 Å². The molecule has 0 saturated carbocycles. The van der Waals surface area contributed by atoms with E-state index in [1.54, 1.807) is 11.3 Å². The van der Waals surface area contributed by atoms with Crippen LogP contribution in [0.4, 0.5) is 18.9 Å². The van der Waals surface area contributed by atoms with Gasteiger partial charge in [-0.1, -0.05) is 0 Å². The Hall–Kier alpha value is -2.39. The maximum Gasteiger partial charge on any atom is 0.243 e. The van der Waals surface area contributed by atoms with Gasteiger partial charge in [0.15, 0.2) is 17.5 Å². The summed E-state index contributed by atoms with van der Waals surface area (Å²) in [5.41, 5.74) is 0.730. The molecular weight excluding hydrogens is 379 g/mol. The number of benzene rings is 1. The van der Waals surface area contributed by atoms with Crippen molar-refractivity contribution in [1.29, 1.82) is 0 Å². The maximum absolute atomic E-state index is 13.5. The number of fused-ring (bicyclic) bond motifs is 1. The Bertz CT molecular complexity index is 872. The molecule has 144 valence electrons. The van der Waals surface area contributed by atoms with E-state index in [0.717, 1.165) is 19.0 Å². The minimum Gasteiger partial charge on any atom is -0.346 e. The number of carbonyl (C=O) groups excluding carboxylic acids is 2. The average Bonchev–Trinajstić information content (AvgIpc) is 3.12. The zero-order valence-electron chi connectivity index (χ0n) is 14.5. The Balaban J connectivity index is 1.49. The summed E-state index contributed by atoms with van der Waals surface area (Å²) in [6.07, 6.45) is 0.876. The van der Waals surface area contributed by atoms with Crippen LogP contribution in [-0.4, -0.2) is 36.3 Å². The second-order valence-electron chi connectivity index (χ2n) is 6.24. The van der Waals surface area contributed by atoms with Gasteiger partial charge in [-0.15, -0.1) is 11.3 Å². The SMILES string of the molecule is C[C@H]1c2ccsc2CCN1CC(=O)NCC(=O)Nc1ccc(F)c(F)c1F. The summed E-state index contributed by atoms with van der Waals surface area (Å²) in [5.74, 6) is -5.57. The normalized spacial score (nSPS) is 16.7. The van der Waals surface area contributed by atoms with Crippen molar-refractivity contribution >= 4 is 28.8 Å². The fraction of sp³-hybridized carbons (Fsp3) is 0.333. The van der Waals surface area contributed by atoms with Gasteiger partial charge in [0.25, 0.3) is 0 Å². The van der Waals surface area contributed by atoms with E-state index in [-0.39, 0.29) is 18.5 Å². The minimum atomic E-state index is -1.66. The molecule has 0 fully saturated rings. The van der Waals surface area contributed by atoms with Crippen molar-refractivity contribution < 1.29 is 22.8 Å². The van der Waals surface area contributed by atoms with Gasteiger partial charge < -0.3 is 10.6 Å². The Morgan fingerprint density at radius 1 is 1.19 bits per heavy atom. The number of thiophene rings is 1. The molecule has 1 aromatic heterocycles. The number of hydrogen-bond donors (Lipinski definition) is 2. The van der Waals surface area contributed by atoms with Crippen LogP contribution in [0.25, 0.3) is 0 Å². The lowest BCUT2D eigenvalue weighted by Gasteiger charge is -2.32. The van der Waals surface area contributed by atoms with Crippen LogP contribution in [0.2, 0.25) is 0 Å². The molecule has 0 unspecified atom stereocenters. The van der Waals surface area contributed by atoms with Gasteiger partial charge in [0.05, 0.1) is 18.8 Å². The molecular formula is C18H18F3N3O2S. The molecule has 3 rings (SSSR count). The number of anilines is 1. The standard InChI is InChI=1S/C18H18F3N3O2S/c1-10-11-5-7-27-14(11)4-6-24(10)9-16(26)22-8-15(25)23-13-3-2-12(19)17(20)18(13)21/h2-3,5,7,10H,4,6,8-9H2,1H3,(H,22,26)(H,23,25)/t10-/m0/s1. The number of hydrogen-bond acceptors (Lipinski definition) is 4. The maximum atomic E-state index is 13.5. The molecule has 0 spiro atoms. The Labute approximate surface area is 158 Å². The second kappa shape index (κ2) is 8.10. The molecule has 2 amide bonds. The van der Waals surface area contributed by atoms with Crippen LogP contribution >= 0.6 is 11.3 Å². The molecule has 1 atom stereocenters. The van der Waals surface area contributed by atoms with Crippen LogP contribution < -0.4 is 10.6 Å². The lowest BCUT2D eigenvalue weighted by atomic mass is 10.0. The number of nitrogens with zero attached hydrogens (tertiary/aromatic N) is 1. The van der Waals surface area contributed by atoms with Crippen LogP contribution in [0.15, 0.2) is 23.6 Å². The summed E-state index contributed by atoms with van der Waals surface area (Å²) in [5, 5.41) is 6.60. The molecule has 0 saturated heterocycles. The van der Waals surface area contributed by atoms with Crippen molar-refractivity contribution in [1.82, 2.24) is 10.2 Å². The van der Waals surface area contributed by atoms with Crippen LogP contribution in [0, 0.1) is 17.5 Å². The predicted molar refractivity (Wildman–Crippen MR) is 96.0 cm³/mol. The highest BCUT2D eigenvalue weighted by atomic mass is 32.1. The first-order chi connectivity index (χ1) is 12.9. The smallest absolute Gasteiger partial charge is 0.243 e.